The second-order valence-electron chi connectivity index (χ2n) is 8.01. The van der Waals surface area contributed by atoms with Crippen LogP contribution in [0, 0.1) is 5.82 Å². The minimum Gasteiger partial charge on any atom is -0.481 e. The Hall–Kier alpha value is -1.66. The normalized spacial score (nSPS) is 22.2. The summed E-state index contributed by atoms with van der Waals surface area (Å²) in [5, 5.41) is 3.14. The smallest absolute Gasteiger partial charge is 0.260 e. The molecule has 0 unspecified atom stereocenters. The van der Waals surface area contributed by atoms with E-state index in [1.54, 1.807) is 19.1 Å². The van der Waals surface area contributed by atoms with E-state index in [4.69, 9.17) is 4.74 Å². The maximum Gasteiger partial charge on any atom is 0.260 e. The number of benzene rings is 1. The number of hydrogen-bond donors (Lipinski definition) is 1. The van der Waals surface area contributed by atoms with Crippen LogP contribution in [0.15, 0.2) is 24.3 Å². The van der Waals surface area contributed by atoms with Crippen molar-refractivity contribution in [1.82, 2.24) is 15.1 Å². The van der Waals surface area contributed by atoms with Crippen molar-refractivity contribution in [3.05, 3.63) is 30.1 Å². The molecule has 1 aromatic rings. The van der Waals surface area contributed by atoms with Gasteiger partial charge in [-0.05, 0) is 51.1 Å². The van der Waals surface area contributed by atoms with Crippen LogP contribution >= 0.6 is 0 Å². The Kier molecular flexibility index (Phi) is 6.71. The molecule has 150 valence electrons. The molecule has 1 saturated heterocycles. The molecule has 1 aliphatic carbocycles. The third-order valence-electron chi connectivity index (χ3n) is 6.05. The van der Waals surface area contributed by atoms with Crippen molar-refractivity contribution in [1.29, 1.82) is 0 Å². The van der Waals surface area contributed by atoms with Gasteiger partial charge < -0.3 is 15.0 Å². The molecule has 1 heterocycles. The van der Waals surface area contributed by atoms with Gasteiger partial charge in [0, 0.05) is 38.3 Å². The van der Waals surface area contributed by atoms with Crippen LogP contribution in [0.2, 0.25) is 0 Å². The van der Waals surface area contributed by atoms with Crippen molar-refractivity contribution in [2.45, 2.75) is 50.7 Å². The monoisotopic (exact) mass is 377 g/mol. The highest BCUT2D eigenvalue weighted by Crippen LogP contribution is 2.34. The van der Waals surface area contributed by atoms with Crippen molar-refractivity contribution in [2.24, 2.45) is 0 Å². The Bertz CT molecular complexity index is 608. The van der Waals surface area contributed by atoms with Gasteiger partial charge in [0.1, 0.15) is 11.6 Å². The third kappa shape index (κ3) is 5.20. The Morgan fingerprint density at radius 2 is 1.78 bits per heavy atom. The standard InChI is InChI=1S/C21H32FN3O2/c1-17(27-19-8-6-18(22)7-9-19)20(26)23-16-21(10-4-3-5-11-21)25-14-12-24(2)13-15-25/h6-9,17H,3-5,10-16H2,1-2H3,(H,23,26)/t17-/m1/s1. The summed E-state index contributed by atoms with van der Waals surface area (Å²) < 4.78 is 18.7. The lowest BCUT2D eigenvalue weighted by Gasteiger charge is -2.49. The molecule has 27 heavy (non-hydrogen) atoms. The van der Waals surface area contributed by atoms with Crippen molar-refractivity contribution in [3.8, 4) is 5.75 Å². The van der Waals surface area contributed by atoms with E-state index in [0.29, 0.717) is 12.3 Å². The fourth-order valence-corrected chi connectivity index (χ4v) is 4.26. The second-order valence-corrected chi connectivity index (χ2v) is 8.01. The number of nitrogens with zero attached hydrogens (tertiary/aromatic N) is 2. The van der Waals surface area contributed by atoms with E-state index in [0.717, 1.165) is 39.0 Å². The van der Waals surface area contributed by atoms with Crippen LogP contribution in [0.5, 0.6) is 5.75 Å². The molecule has 1 amide bonds. The van der Waals surface area contributed by atoms with Gasteiger partial charge in [0.2, 0.25) is 0 Å². The van der Waals surface area contributed by atoms with Crippen LogP contribution in [0.1, 0.15) is 39.0 Å². The molecule has 0 spiro atoms. The number of piperazine rings is 1. The van der Waals surface area contributed by atoms with Gasteiger partial charge in [-0.15, -0.1) is 0 Å². The fourth-order valence-electron chi connectivity index (χ4n) is 4.26. The average Bonchev–Trinajstić information content (AvgIpc) is 2.69. The molecule has 1 aromatic carbocycles. The largest absolute Gasteiger partial charge is 0.481 e. The Balaban J connectivity index is 1.57. The third-order valence-corrected chi connectivity index (χ3v) is 6.05. The van der Waals surface area contributed by atoms with Crippen LogP contribution in [0.4, 0.5) is 4.39 Å². The highest BCUT2D eigenvalue weighted by Gasteiger charge is 2.39. The number of hydrogen-bond acceptors (Lipinski definition) is 4. The molecule has 5 nitrogen and oxygen atoms in total. The van der Waals surface area contributed by atoms with Gasteiger partial charge in [-0.3, -0.25) is 9.69 Å². The van der Waals surface area contributed by atoms with Gasteiger partial charge in [-0.1, -0.05) is 19.3 Å². The van der Waals surface area contributed by atoms with Crippen LogP contribution < -0.4 is 10.1 Å². The first-order valence-corrected chi connectivity index (χ1v) is 10.1. The second kappa shape index (κ2) is 9.02. The number of halogens is 1. The topological polar surface area (TPSA) is 44.8 Å². The van der Waals surface area contributed by atoms with Crippen molar-refractivity contribution >= 4 is 5.91 Å². The lowest BCUT2D eigenvalue weighted by atomic mass is 9.79. The van der Waals surface area contributed by atoms with Crippen molar-refractivity contribution < 1.29 is 13.9 Å². The number of amides is 1. The molecule has 2 aliphatic rings. The summed E-state index contributed by atoms with van der Waals surface area (Å²) >= 11 is 0. The summed E-state index contributed by atoms with van der Waals surface area (Å²) in [5.41, 5.74) is 0.0742. The summed E-state index contributed by atoms with van der Waals surface area (Å²) in [6.07, 6.45) is 5.42. The van der Waals surface area contributed by atoms with E-state index in [2.05, 4.69) is 22.2 Å². The van der Waals surface area contributed by atoms with E-state index in [1.807, 2.05) is 0 Å². The minimum atomic E-state index is -0.608. The van der Waals surface area contributed by atoms with E-state index in [1.165, 1.54) is 31.4 Å². The van der Waals surface area contributed by atoms with Crippen LogP contribution in [0.25, 0.3) is 0 Å². The SMILES string of the molecule is C[C@@H](Oc1ccc(F)cc1)C(=O)NCC1(N2CCN(C)CC2)CCCCC1. The van der Waals surface area contributed by atoms with Crippen LogP contribution in [-0.4, -0.2) is 67.1 Å². The molecule has 0 bridgehead atoms. The van der Waals surface area contributed by atoms with E-state index >= 15 is 0 Å². The Morgan fingerprint density at radius 3 is 2.41 bits per heavy atom. The summed E-state index contributed by atoms with van der Waals surface area (Å²) in [7, 11) is 2.17. The Labute approximate surface area is 161 Å². The summed E-state index contributed by atoms with van der Waals surface area (Å²) in [6, 6.07) is 5.77. The van der Waals surface area contributed by atoms with E-state index < -0.39 is 6.10 Å². The molecule has 1 saturated carbocycles. The van der Waals surface area contributed by atoms with Crippen molar-refractivity contribution in [2.75, 3.05) is 39.8 Å². The average molecular weight is 378 g/mol. The maximum absolute atomic E-state index is 13.0. The molecule has 6 heteroatoms. The number of carbonyl (C=O) groups is 1. The zero-order valence-electron chi connectivity index (χ0n) is 16.5. The van der Waals surface area contributed by atoms with E-state index in [9.17, 15) is 9.18 Å². The summed E-state index contributed by atoms with van der Waals surface area (Å²) in [4.78, 5) is 17.6. The molecule has 1 N–H and O–H groups in total. The molecule has 1 aliphatic heterocycles. The molecular weight excluding hydrogens is 345 g/mol. The quantitative estimate of drug-likeness (QED) is 0.828. The van der Waals surface area contributed by atoms with Gasteiger partial charge in [0.25, 0.3) is 5.91 Å². The molecule has 0 radical (unpaired) electrons. The van der Waals surface area contributed by atoms with Gasteiger partial charge in [0.05, 0.1) is 0 Å². The van der Waals surface area contributed by atoms with Crippen LogP contribution in [0.3, 0.4) is 0 Å². The zero-order chi connectivity index (χ0) is 19.3. The lowest BCUT2D eigenvalue weighted by molar-refractivity contribution is -0.128. The zero-order valence-corrected chi connectivity index (χ0v) is 16.5. The first-order chi connectivity index (χ1) is 13.0. The predicted octanol–water partition coefficient (Wildman–Crippen LogP) is 2.66. The molecule has 3 rings (SSSR count). The van der Waals surface area contributed by atoms with Crippen LogP contribution in [-0.2, 0) is 4.79 Å². The molecule has 0 aromatic heterocycles. The number of carbonyl (C=O) groups excluding carboxylic acids is 1. The molecule has 2 fully saturated rings. The summed E-state index contributed by atoms with van der Waals surface area (Å²) in [6.45, 7) is 6.70. The van der Waals surface area contributed by atoms with Gasteiger partial charge in [-0.25, -0.2) is 4.39 Å². The maximum atomic E-state index is 13.0. The molecule has 1 atom stereocenters. The number of nitrogens with one attached hydrogen (secondary N) is 1. The first kappa shape index (κ1) is 20.1. The number of ether oxygens (including phenoxy) is 1. The predicted molar refractivity (Wildman–Crippen MR) is 104 cm³/mol. The fraction of sp³-hybridized carbons (Fsp3) is 0.667. The summed E-state index contributed by atoms with van der Waals surface area (Å²) in [5.74, 6) is 0.0785. The van der Waals surface area contributed by atoms with Gasteiger partial charge in [-0.2, -0.15) is 0 Å². The highest BCUT2D eigenvalue weighted by molar-refractivity contribution is 5.80. The lowest BCUT2D eigenvalue weighted by Crippen LogP contribution is -2.62. The van der Waals surface area contributed by atoms with E-state index in [-0.39, 0.29) is 17.3 Å². The minimum absolute atomic E-state index is 0.0742. The molecular formula is C21H32FN3O2. The van der Waals surface area contributed by atoms with Gasteiger partial charge >= 0.3 is 0 Å². The number of likely N-dealkylation sites (N-methyl/N-ethyl adjacent to an activating group) is 1. The first-order valence-electron chi connectivity index (χ1n) is 10.1. The Morgan fingerprint density at radius 1 is 1.15 bits per heavy atom. The highest BCUT2D eigenvalue weighted by atomic mass is 19.1. The van der Waals surface area contributed by atoms with Gasteiger partial charge in [0.15, 0.2) is 6.10 Å². The van der Waals surface area contributed by atoms with Crippen molar-refractivity contribution in [3.63, 3.8) is 0 Å². The number of rotatable bonds is 6.